The SMILES string of the molecule is O=C(c1cccc(-c2ccnc3ccccc23)c1)N1CCCC2(CCNC2)C1. The number of piperidine rings is 1. The zero-order chi connectivity index (χ0) is 19.0. The molecule has 0 bridgehead atoms. The first-order chi connectivity index (χ1) is 13.7. The Hall–Kier alpha value is -2.72. The molecule has 2 aliphatic heterocycles. The zero-order valence-electron chi connectivity index (χ0n) is 16.0. The van der Waals surface area contributed by atoms with E-state index in [1.807, 2.05) is 48.7 Å². The lowest BCUT2D eigenvalue weighted by Gasteiger charge is -2.40. The highest BCUT2D eigenvalue weighted by Crippen LogP contribution is 2.36. The van der Waals surface area contributed by atoms with E-state index in [0.717, 1.165) is 60.2 Å². The summed E-state index contributed by atoms with van der Waals surface area (Å²) in [6.45, 7) is 3.86. The smallest absolute Gasteiger partial charge is 0.253 e. The molecule has 3 aromatic rings. The van der Waals surface area contributed by atoms with E-state index in [2.05, 4.69) is 27.3 Å². The number of nitrogens with one attached hydrogen (secondary N) is 1. The number of amides is 1. The highest BCUT2D eigenvalue weighted by molar-refractivity contribution is 5.98. The van der Waals surface area contributed by atoms with Gasteiger partial charge in [0.2, 0.25) is 0 Å². The fourth-order valence-electron chi connectivity index (χ4n) is 4.88. The Kier molecular flexibility index (Phi) is 4.36. The Morgan fingerprint density at radius 3 is 2.89 bits per heavy atom. The monoisotopic (exact) mass is 371 g/mol. The summed E-state index contributed by atoms with van der Waals surface area (Å²) in [7, 11) is 0. The van der Waals surface area contributed by atoms with Crippen LogP contribution in [-0.4, -0.2) is 42.0 Å². The average Bonchev–Trinajstić information content (AvgIpc) is 3.20. The first-order valence-electron chi connectivity index (χ1n) is 10.2. The number of aromatic nitrogens is 1. The molecular weight excluding hydrogens is 346 g/mol. The van der Waals surface area contributed by atoms with Gasteiger partial charge in [0.15, 0.2) is 0 Å². The van der Waals surface area contributed by atoms with Crippen LogP contribution in [0.2, 0.25) is 0 Å². The molecule has 5 rings (SSSR count). The molecule has 1 unspecified atom stereocenters. The quantitative estimate of drug-likeness (QED) is 0.737. The Bertz CT molecular complexity index is 1020. The summed E-state index contributed by atoms with van der Waals surface area (Å²) in [5, 5.41) is 4.60. The second-order valence-corrected chi connectivity index (χ2v) is 8.21. The van der Waals surface area contributed by atoms with E-state index >= 15 is 0 Å². The average molecular weight is 371 g/mol. The lowest BCUT2D eigenvalue weighted by atomic mass is 9.79. The molecule has 2 fully saturated rings. The number of benzene rings is 2. The van der Waals surface area contributed by atoms with Crippen molar-refractivity contribution in [1.29, 1.82) is 0 Å². The molecule has 0 saturated carbocycles. The van der Waals surface area contributed by atoms with E-state index in [-0.39, 0.29) is 11.3 Å². The molecule has 1 atom stereocenters. The van der Waals surface area contributed by atoms with Crippen molar-refractivity contribution in [2.75, 3.05) is 26.2 Å². The number of likely N-dealkylation sites (tertiary alicyclic amines) is 1. The predicted octanol–water partition coefficient (Wildman–Crippen LogP) is 4.12. The molecule has 28 heavy (non-hydrogen) atoms. The van der Waals surface area contributed by atoms with E-state index in [1.165, 1.54) is 12.8 Å². The highest BCUT2D eigenvalue weighted by atomic mass is 16.2. The second-order valence-electron chi connectivity index (χ2n) is 8.21. The summed E-state index contributed by atoms with van der Waals surface area (Å²) in [5.41, 5.74) is 4.23. The summed E-state index contributed by atoms with van der Waals surface area (Å²) >= 11 is 0. The second kappa shape index (κ2) is 7.02. The summed E-state index contributed by atoms with van der Waals surface area (Å²) in [6.07, 6.45) is 5.35. The number of fused-ring (bicyclic) bond motifs is 1. The normalized spacial score (nSPS) is 22.1. The van der Waals surface area contributed by atoms with Crippen molar-refractivity contribution in [1.82, 2.24) is 15.2 Å². The third-order valence-corrected chi connectivity index (χ3v) is 6.35. The Morgan fingerprint density at radius 2 is 2.00 bits per heavy atom. The molecule has 1 N–H and O–H groups in total. The minimum atomic E-state index is 0.159. The van der Waals surface area contributed by atoms with Crippen LogP contribution in [-0.2, 0) is 0 Å². The van der Waals surface area contributed by atoms with E-state index in [9.17, 15) is 4.79 Å². The first-order valence-corrected chi connectivity index (χ1v) is 10.2. The molecule has 4 heteroatoms. The Morgan fingerprint density at radius 1 is 1.07 bits per heavy atom. The van der Waals surface area contributed by atoms with Gasteiger partial charge in [-0.15, -0.1) is 0 Å². The molecule has 3 heterocycles. The van der Waals surface area contributed by atoms with Gasteiger partial charge in [0.25, 0.3) is 5.91 Å². The fourth-order valence-corrected chi connectivity index (χ4v) is 4.88. The maximum absolute atomic E-state index is 13.3. The summed E-state index contributed by atoms with van der Waals surface area (Å²) in [5.74, 6) is 0.159. The summed E-state index contributed by atoms with van der Waals surface area (Å²) in [6, 6.07) is 18.2. The molecule has 2 saturated heterocycles. The molecule has 1 aromatic heterocycles. The molecule has 0 aliphatic carbocycles. The summed E-state index contributed by atoms with van der Waals surface area (Å²) < 4.78 is 0. The van der Waals surface area contributed by atoms with Crippen LogP contribution in [0.4, 0.5) is 0 Å². The van der Waals surface area contributed by atoms with Crippen LogP contribution in [0, 0.1) is 5.41 Å². The van der Waals surface area contributed by atoms with E-state index in [0.29, 0.717) is 0 Å². The number of nitrogens with zero attached hydrogens (tertiary/aromatic N) is 2. The zero-order valence-corrected chi connectivity index (χ0v) is 16.0. The van der Waals surface area contributed by atoms with Gasteiger partial charge < -0.3 is 10.2 Å². The molecule has 2 aliphatic rings. The summed E-state index contributed by atoms with van der Waals surface area (Å²) in [4.78, 5) is 19.8. The number of hydrogen-bond acceptors (Lipinski definition) is 3. The van der Waals surface area contributed by atoms with Crippen LogP contribution < -0.4 is 5.32 Å². The fraction of sp³-hybridized carbons (Fsp3) is 0.333. The maximum atomic E-state index is 13.3. The van der Waals surface area contributed by atoms with Gasteiger partial charge in [0, 0.05) is 42.2 Å². The number of para-hydroxylation sites is 1. The third-order valence-electron chi connectivity index (χ3n) is 6.35. The lowest BCUT2D eigenvalue weighted by Crippen LogP contribution is -2.47. The van der Waals surface area contributed by atoms with E-state index in [1.54, 1.807) is 0 Å². The van der Waals surface area contributed by atoms with Gasteiger partial charge in [-0.05, 0) is 61.2 Å². The standard InChI is InChI=1S/C24H25N3O/c28-23(27-14-4-10-24(17-27)11-13-25-16-24)19-6-3-5-18(15-19)20-9-12-26-22-8-2-1-7-21(20)22/h1-3,5-9,12,15,25H,4,10-11,13-14,16-17H2. The van der Waals surface area contributed by atoms with Crippen LogP contribution in [0.25, 0.3) is 22.0 Å². The third kappa shape index (κ3) is 3.08. The number of pyridine rings is 1. The van der Waals surface area contributed by atoms with Crippen molar-refractivity contribution in [2.45, 2.75) is 19.3 Å². The molecule has 1 amide bonds. The van der Waals surface area contributed by atoms with Crippen LogP contribution in [0.15, 0.2) is 60.8 Å². The number of carbonyl (C=O) groups excluding carboxylic acids is 1. The van der Waals surface area contributed by atoms with Crippen LogP contribution in [0.5, 0.6) is 0 Å². The van der Waals surface area contributed by atoms with Crippen molar-refractivity contribution < 1.29 is 4.79 Å². The van der Waals surface area contributed by atoms with Crippen LogP contribution in [0.3, 0.4) is 0 Å². The van der Waals surface area contributed by atoms with Gasteiger partial charge in [-0.25, -0.2) is 0 Å². The van der Waals surface area contributed by atoms with E-state index in [4.69, 9.17) is 0 Å². The molecular formula is C24H25N3O. The van der Waals surface area contributed by atoms with Crippen molar-refractivity contribution in [3.05, 3.63) is 66.4 Å². The van der Waals surface area contributed by atoms with Gasteiger partial charge in [-0.3, -0.25) is 9.78 Å². The van der Waals surface area contributed by atoms with Gasteiger partial charge >= 0.3 is 0 Å². The van der Waals surface area contributed by atoms with E-state index < -0.39 is 0 Å². The molecule has 142 valence electrons. The van der Waals surface area contributed by atoms with Crippen molar-refractivity contribution in [3.8, 4) is 11.1 Å². The number of hydrogen-bond donors (Lipinski definition) is 1. The van der Waals surface area contributed by atoms with Gasteiger partial charge in [0.1, 0.15) is 0 Å². The van der Waals surface area contributed by atoms with Crippen LogP contribution >= 0.6 is 0 Å². The predicted molar refractivity (Wildman–Crippen MR) is 112 cm³/mol. The van der Waals surface area contributed by atoms with Gasteiger partial charge in [-0.1, -0.05) is 30.3 Å². The molecule has 4 nitrogen and oxygen atoms in total. The molecule has 2 aromatic carbocycles. The number of rotatable bonds is 2. The van der Waals surface area contributed by atoms with Gasteiger partial charge in [0.05, 0.1) is 5.52 Å². The molecule has 1 spiro atoms. The highest BCUT2D eigenvalue weighted by Gasteiger charge is 2.39. The van der Waals surface area contributed by atoms with Crippen LogP contribution in [0.1, 0.15) is 29.6 Å². The largest absolute Gasteiger partial charge is 0.338 e. The van der Waals surface area contributed by atoms with Gasteiger partial charge in [-0.2, -0.15) is 0 Å². The Balaban J connectivity index is 1.46. The lowest BCUT2D eigenvalue weighted by molar-refractivity contribution is 0.0553. The topological polar surface area (TPSA) is 45.2 Å². The maximum Gasteiger partial charge on any atom is 0.253 e. The Labute approximate surface area is 165 Å². The van der Waals surface area contributed by atoms with Crippen molar-refractivity contribution in [3.63, 3.8) is 0 Å². The minimum absolute atomic E-state index is 0.159. The first kappa shape index (κ1) is 17.4. The van der Waals surface area contributed by atoms with Crippen molar-refractivity contribution >= 4 is 16.8 Å². The molecule has 0 radical (unpaired) electrons. The van der Waals surface area contributed by atoms with Crippen molar-refractivity contribution in [2.24, 2.45) is 5.41 Å². The minimum Gasteiger partial charge on any atom is -0.338 e. The number of carbonyl (C=O) groups is 1.